The van der Waals surface area contributed by atoms with E-state index < -0.39 is 0 Å². The summed E-state index contributed by atoms with van der Waals surface area (Å²) in [4.78, 5) is 12.5. The lowest BCUT2D eigenvalue weighted by Gasteiger charge is -2.09. The van der Waals surface area contributed by atoms with Crippen molar-refractivity contribution in [1.29, 1.82) is 0 Å². The van der Waals surface area contributed by atoms with Gasteiger partial charge >= 0.3 is 0 Å². The van der Waals surface area contributed by atoms with Crippen LogP contribution >= 0.6 is 23.2 Å². The number of carbonyl (C=O) groups is 1. The molecule has 1 N–H and O–H groups in total. The summed E-state index contributed by atoms with van der Waals surface area (Å²) in [6, 6.07) is 10.2. The van der Waals surface area contributed by atoms with E-state index in [1.165, 1.54) is 4.68 Å². The third-order valence-electron chi connectivity index (χ3n) is 3.46. The van der Waals surface area contributed by atoms with Crippen molar-refractivity contribution in [2.24, 2.45) is 0 Å². The Labute approximate surface area is 154 Å². The molecule has 0 atom stereocenters. The number of furan rings is 1. The summed E-state index contributed by atoms with van der Waals surface area (Å²) in [5.74, 6) is 0.276. The minimum absolute atomic E-state index is 0.284. The fourth-order valence-electron chi connectivity index (χ4n) is 2.26. The van der Waals surface area contributed by atoms with Crippen molar-refractivity contribution in [3.63, 3.8) is 0 Å². The standard InChI is InChI=1S/C17H15Cl2N3O3/c1-24-8-6-20-17(23)15-10-14(16-3-2-7-25-16)21-22(15)11-4-5-12(18)13(19)9-11/h2-5,7,9-10H,6,8H2,1H3,(H,20,23). The van der Waals surface area contributed by atoms with Crippen molar-refractivity contribution in [2.75, 3.05) is 20.3 Å². The lowest BCUT2D eigenvalue weighted by Crippen LogP contribution is -2.28. The molecule has 1 aromatic carbocycles. The monoisotopic (exact) mass is 379 g/mol. The second kappa shape index (κ2) is 7.74. The minimum atomic E-state index is -0.284. The number of aromatic nitrogens is 2. The second-order valence-electron chi connectivity index (χ2n) is 5.15. The molecule has 2 heterocycles. The largest absolute Gasteiger partial charge is 0.463 e. The van der Waals surface area contributed by atoms with Crippen LogP contribution in [-0.4, -0.2) is 35.9 Å². The van der Waals surface area contributed by atoms with Crippen LogP contribution in [0.5, 0.6) is 0 Å². The van der Waals surface area contributed by atoms with Gasteiger partial charge in [0, 0.05) is 19.7 Å². The maximum absolute atomic E-state index is 12.5. The van der Waals surface area contributed by atoms with E-state index >= 15 is 0 Å². The van der Waals surface area contributed by atoms with Gasteiger partial charge in [0.15, 0.2) is 5.76 Å². The van der Waals surface area contributed by atoms with E-state index in [1.54, 1.807) is 49.8 Å². The van der Waals surface area contributed by atoms with Crippen molar-refractivity contribution < 1.29 is 13.9 Å². The van der Waals surface area contributed by atoms with E-state index in [0.717, 1.165) is 0 Å². The zero-order valence-electron chi connectivity index (χ0n) is 13.3. The maximum Gasteiger partial charge on any atom is 0.270 e. The predicted molar refractivity (Wildman–Crippen MR) is 95.5 cm³/mol. The fourth-order valence-corrected chi connectivity index (χ4v) is 2.55. The van der Waals surface area contributed by atoms with Crippen LogP contribution in [0.2, 0.25) is 10.0 Å². The van der Waals surface area contributed by atoms with E-state index in [0.29, 0.717) is 46.0 Å². The number of halogens is 2. The first-order valence-corrected chi connectivity index (χ1v) is 8.22. The predicted octanol–water partition coefficient (Wildman–Crippen LogP) is 3.82. The number of nitrogens with one attached hydrogen (secondary N) is 1. The van der Waals surface area contributed by atoms with Gasteiger partial charge in [0.25, 0.3) is 5.91 Å². The molecule has 0 bridgehead atoms. The molecule has 0 unspecified atom stereocenters. The van der Waals surface area contributed by atoms with E-state index in [1.807, 2.05) is 0 Å². The first-order chi connectivity index (χ1) is 12.1. The van der Waals surface area contributed by atoms with Crippen LogP contribution < -0.4 is 5.32 Å². The van der Waals surface area contributed by atoms with Crippen molar-refractivity contribution in [2.45, 2.75) is 0 Å². The molecule has 0 aliphatic carbocycles. The Kier molecular flexibility index (Phi) is 5.43. The van der Waals surface area contributed by atoms with E-state index in [9.17, 15) is 4.79 Å². The smallest absolute Gasteiger partial charge is 0.270 e. The molecular formula is C17H15Cl2N3O3. The average molecular weight is 380 g/mol. The average Bonchev–Trinajstić information content (AvgIpc) is 3.26. The molecule has 25 heavy (non-hydrogen) atoms. The molecule has 0 fully saturated rings. The van der Waals surface area contributed by atoms with Gasteiger partial charge in [-0.15, -0.1) is 0 Å². The van der Waals surface area contributed by atoms with Crippen molar-refractivity contribution in [3.05, 3.63) is 58.4 Å². The third-order valence-corrected chi connectivity index (χ3v) is 4.19. The molecule has 3 rings (SSSR count). The Morgan fingerprint density at radius 3 is 2.80 bits per heavy atom. The summed E-state index contributed by atoms with van der Waals surface area (Å²) in [5.41, 5.74) is 1.50. The number of hydrogen-bond donors (Lipinski definition) is 1. The van der Waals surface area contributed by atoms with E-state index in [4.69, 9.17) is 32.4 Å². The van der Waals surface area contributed by atoms with Crippen LogP contribution in [-0.2, 0) is 4.74 Å². The first-order valence-electron chi connectivity index (χ1n) is 7.46. The zero-order chi connectivity index (χ0) is 17.8. The molecule has 0 aliphatic rings. The second-order valence-corrected chi connectivity index (χ2v) is 5.97. The van der Waals surface area contributed by atoms with Gasteiger partial charge in [-0.2, -0.15) is 5.10 Å². The molecule has 3 aromatic rings. The summed E-state index contributed by atoms with van der Waals surface area (Å²) in [6.45, 7) is 0.801. The summed E-state index contributed by atoms with van der Waals surface area (Å²) in [5, 5.41) is 8.05. The quantitative estimate of drug-likeness (QED) is 0.661. The van der Waals surface area contributed by atoms with Crippen LogP contribution in [0.3, 0.4) is 0 Å². The number of hydrogen-bond acceptors (Lipinski definition) is 4. The number of ether oxygens (including phenoxy) is 1. The Hall–Kier alpha value is -2.28. The van der Waals surface area contributed by atoms with Crippen LogP contribution in [0.15, 0.2) is 47.1 Å². The van der Waals surface area contributed by atoms with Crippen LogP contribution in [0, 0.1) is 0 Å². The number of amides is 1. The van der Waals surface area contributed by atoms with Crippen LogP contribution in [0.1, 0.15) is 10.5 Å². The molecule has 0 radical (unpaired) electrons. The maximum atomic E-state index is 12.5. The van der Waals surface area contributed by atoms with Crippen molar-refractivity contribution >= 4 is 29.1 Å². The highest BCUT2D eigenvalue weighted by Crippen LogP contribution is 2.27. The summed E-state index contributed by atoms with van der Waals surface area (Å²) >= 11 is 12.1. The topological polar surface area (TPSA) is 69.3 Å². The minimum Gasteiger partial charge on any atom is -0.463 e. The Bertz CT molecular complexity index is 875. The summed E-state index contributed by atoms with van der Waals surface area (Å²) < 4.78 is 11.8. The summed E-state index contributed by atoms with van der Waals surface area (Å²) in [7, 11) is 1.57. The van der Waals surface area contributed by atoms with Crippen molar-refractivity contribution in [1.82, 2.24) is 15.1 Å². The third kappa shape index (κ3) is 3.87. The SMILES string of the molecule is COCCNC(=O)c1cc(-c2ccco2)nn1-c1ccc(Cl)c(Cl)c1. The number of nitrogens with zero attached hydrogens (tertiary/aromatic N) is 2. The van der Waals surface area contributed by atoms with E-state index in [2.05, 4.69) is 10.4 Å². The molecule has 0 aliphatic heterocycles. The molecule has 6 nitrogen and oxygen atoms in total. The highest BCUT2D eigenvalue weighted by molar-refractivity contribution is 6.42. The van der Waals surface area contributed by atoms with Crippen LogP contribution in [0.25, 0.3) is 17.1 Å². The van der Waals surface area contributed by atoms with E-state index in [-0.39, 0.29) is 5.91 Å². The highest BCUT2D eigenvalue weighted by atomic mass is 35.5. The van der Waals surface area contributed by atoms with Gasteiger partial charge in [0.1, 0.15) is 11.4 Å². The first kappa shape index (κ1) is 17.5. The van der Waals surface area contributed by atoms with Gasteiger partial charge in [0.05, 0.1) is 28.6 Å². The number of methoxy groups -OCH3 is 1. The Morgan fingerprint density at radius 2 is 2.12 bits per heavy atom. The van der Waals surface area contributed by atoms with Gasteiger partial charge in [0.2, 0.25) is 0 Å². The van der Waals surface area contributed by atoms with Gasteiger partial charge in [-0.25, -0.2) is 4.68 Å². The molecule has 1 amide bonds. The molecule has 0 saturated carbocycles. The lowest BCUT2D eigenvalue weighted by molar-refractivity contribution is 0.0929. The Balaban J connectivity index is 2.02. The molecular weight excluding hydrogens is 365 g/mol. The molecule has 8 heteroatoms. The number of rotatable bonds is 6. The van der Waals surface area contributed by atoms with Gasteiger partial charge in [-0.1, -0.05) is 23.2 Å². The highest BCUT2D eigenvalue weighted by Gasteiger charge is 2.19. The zero-order valence-corrected chi connectivity index (χ0v) is 14.8. The fraction of sp³-hybridized carbons (Fsp3) is 0.176. The molecule has 0 saturated heterocycles. The summed E-state index contributed by atoms with van der Waals surface area (Å²) in [6.07, 6.45) is 1.55. The van der Waals surface area contributed by atoms with Crippen LogP contribution in [0.4, 0.5) is 0 Å². The molecule has 130 valence electrons. The van der Waals surface area contributed by atoms with Crippen molar-refractivity contribution in [3.8, 4) is 17.1 Å². The van der Waals surface area contributed by atoms with Gasteiger partial charge in [-0.3, -0.25) is 4.79 Å². The number of benzene rings is 1. The van der Waals surface area contributed by atoms with Gasteiger partial charge < -0.3 is 14.5 Å². The number of carbonyl (C=O) groups excluding carboxylic acids is 1. The Morgan fingerprint density at radius 1 is 1.28 bits per heavy atom. The molecule has 2 aromatic heterocycles. The molecule has 0 spiro atoms. The lowest BCUT2D eigenvalue weighted by atomic mass is 10.2. The normalized spacial score (nSPS) is 10.8. The van der Waals surface area contributed by atoms with Gasteiger partial charge in [-0.05, 0) is 30.3 Å².